The summed E-state index contributed by atoms with van der Waals surface area (Å²) in [6.45, 7) is 11.0. The van der Waals surface area contributed by atoms with Gasteiger partial charge in [0, 0.05) is 31.1 Å². The van der Waals surface area contributed by atoms with Crippen molar-refractivity contribution >= 4 is 0 Å². The minimum absolute atomic E-state index is 0.0416. The van der Waals surface area contributed by atoms with Crippen LogP contribution < -0.4 is 16.8 Å². The first kappa shape index (κ1) is 15.2. The average Bonchev–Trinajstić information content (AvgIpc) is 2.27. The van der Waals surface area contributed by atoms with Gasteiger partial charge in [0.05, 0.1) is 0 Å². The van der Waals surface area contributed by atoms with Crippen molar-refractivity contribution in [3.63, 3.8) is 0 Å². The van der Waals surface area contributed by atoms with Gasteiger partial charge in [0.2, 0.25) is 0 Å². The lowest BCUT2D eigenvalue weighted by molar-refractivity contribution is 0.452. The van der Waals surface area contributed by atoms with Gasteiger partial charge >= 0.3 is 0 Å². The molecule has 3 heteroatoms. The Morgan fingerprint density at radius 1 is 1.28 bits per heavy atom. The molecule has 0 aliphatic heterocycles. The molecule has 0 radical (unpaired) electrons. The van der Waals surface area contributed by atoms with E-state index in [1.54, 1.807) is 0 Å². The van der Waals surface area contributed by atoms with E-state index in [9.17, 15) is 0 Å². The van der Waals surface area contributed by atoms with Crippen LogP contribution in [-0.2, 0) is 5.41 Å². The van der Waals surface area contributed by atoms with E-state index in [0.29, 0.717) is 6.54 Å². The number of nitrogens with one attached hydrogen (secondary N) is 1. The maximum absolute atomic E-state index is 5.80. The molecule has 1 aromatic rings. The second-order valence-corrected chi connectivity index (χ2v) is 5.83. The summed E-state index contributed by atoms with van der Waals surface area (Å²) in [4.78, 5) is 0. The van der Waals surface area contributed by atoms with E-state index in [1.807, 2.05) is 0 Å². The largest absolute Gasteiger partial charge is 0.329 e. The first-order valence-corrected chi connectivity index (χ1v) is 6.61. The molecular weight excluding hydrogens is 222 g/mol. The summed E-state index contributed by atoms with van der Waals surface area (Å²) in [7, 11) is 0. The van der Waals surface area contributed by atoms with Crippen LogP contribution in [-0.4, -0.2) is 25.7 Å². The van der Waals surface area contributed by atoms with Crippen molar-refractivity contribution in [3.8, 4) is 0 Å². The SMILES string of the molecule is Cc1ccc(C(C)(C)CNCC(N)CN)c(C)c1. The Hall–Kier alpha value is -0.900. The van der Waals surface area contributed by atoms with Gasteiger partial charge < -0.3 is 16.8 Å². The summed E-state index contributed by atoms with van der Waals surface area (Å²) in [5, 5.41) is 3.41. The Kier molecular flexibility index (Phi) is 5.32. The zero-order valence-electron chi connectivity index (χ0n) is 12.1. The second-order valence-electron chi connectivity index (χ2n) is 5.83. The maximum atomic E-state index is 5.80. The van der Waals surface area contributed by atoms with Crippen molar-refractivity contribution in [1.29, 1.82) is 0 Å². The molecule has 102 valence electrons. The quantitative estimate of drug-likeness (QED) is 0.715. The summed E-state index contributed by atoms with van der Waals surface area (Å²) in [6, 6.07) is 6.69. The van der Waals surface area contributed by atoms with Crippen LogP contribution >= 0.6 is 0 Å². The van der Waals surface area contributed by atoms with E-state index in [0.717, 1.165) is 13.1 Å². The molecule has 0 spiro atoms. The van der Waals surface area contributed by atoms with E-state index in [4.69, 9.17) is 11.5 Å². The first-order valence-electron chi connectivity index (χ1n) is 6.61. The van der Waals surface area contributed by atoms with Crippen LogP contribution in [0, 0.1) is 13.8 Å². The predicted octanol–water partition coefficient (Wildman–Crippen LogP) is 1.46. The van der Waals surface area contributed by atoms with Gasteiger partial charge in [0.25, 0.3) is 0 Å². The van der Waals surface area contributed by atoms with E-state index in [-0.39, 0.29) is 11.5 Å². The Morgan fingerprint density at radius 2 is 1.94 bits per heavy atom. The summed E-state index contributed by atoms with van der Waals surface area (Å²) in [5.41, 5.74) is 15.5. The third kappa shape index (κ3) is 4.09. The van der Waals surface area contributed by atoms with Crippen LogP contribution in [0.15, 0.2) is 18.2 Å². The van der Waals surface area contributed by atoms with E-state index >= 15 is 0 Å². The molecule has 1 rings (SSSR count). The van der Waals surface area contributed by atoms with Crippen molar-refractivity contribution in [1.82, 2.24) is 5.32 Å². The molecule has 0 aromatic heterocycles. The number of benzene rings is 1. The third-order valence-corrected chi connectivity index (χ3v) is 3.39. The monoisotopic (exact) mass is 249 g/mol. The fourth-order valence-electron chi connectivity index (χ4n) is 2.32. The van der Waals surface area contributed by atoms with Crippen molar-refractivity contribution in [2.24, 2.45) is 11.5 Å². The molecule has 1 atom stereocenters. The zero-order valence-corrected chi connectivity index (χ0v) is 12.1. The van der Waals surface area contributed by atoms with Crippen LogP contribution in [0.2, 0.25) is 0 Å². The molecule has 0 fully saturated rings. The summed E-state index contributed by atoms with van der Waals surface area (Å²) >= 11 is 0. The zero-order chi connectivity index (χ0) is 13.8. The molecular formula is C15H27N3. The lowest BCUT2D eigenvalue weighted by Gasteiger charge is -2.28. The van der Waals surface area contributed by atoms with Crippen LogP contribution in [0.25, 0.3) is 0 Å². The van der Waals surface area contributed by atoms with Crippen LogP contribution in [0.1, 0.15) is 30.5 Å². The molecule has 1 unspecified atom stereocenters. The highest BCUT2D eigenvalue weighted by atomic mass is 14.9. The first-order chi connectivity index (χ1) is 8.36. The number of hydrogen-bond donors (Lipinski definition) is 3. The summed E-state index contributed by atoms with van der Waals surface area (Å²) < 4.78 is 0. The molecule has 0 saturated heterocycles. The van der Waals surface area contributed by atoms with Crippen molar-refractivity contribution < 1.29 is 0 Å². The van der Waals surface area contributed by atoms with Gasteiger partial charge in [-0.25, -0.2) is 0 Å². The molecule has 0 aliphatic rings. The Labute approximate surface area is 111 Å². The van der Waals surface area contributed by atoms with Crippen LogP contribution in [0.3, 0.4) is 0 Å². The molecule has 5 N–H and O–H groups in total. The normalized spacial score (nSPS) is 13.7. The van der Waals surface area contributed by atoms with Crippen molar-refractivity contribution in [2.45, 2.75) is 39.2 Å². The molecule has 3 nitrogen and oxygen atoms in total. The molecule has 0 aliphatic carbocycles. The van der Waals surface area contributed by atoms with Gasteiger partial charge in [-0.3, -0.25) is 0 Å². The average molecular weight is 249 g/mol. The smallest absolute Gasteiger partial charge is 0.0290 e. The van der Waals surface area contributed by atoms with Crippen LogP contribution in [0.5, 0.6) is 0 Å². The third-order valence-electron chi connectivity index (χ3n) is 3.39. The van der Waals surface area contributed by atoms with Crippen LogP contribution in [0.4, 0.5) is 0 Å². The lowest BCUT2D eigenvalue weighted by Crippen LogP contribution is -2.43. The highest BCUT2D eigenvalue weighted by Crippen LogP contribution is 2.26. The minimum atomic E-state index is 0.0416. The van der Waals surface area contributed by atoms with Gasteiger partial charge in [-0.1, -0.05) is 37.6 Å². The van der Waals surface area contributed by atoms with Gasteiger partial charge in [-0.05, 0) is 25.0 Å². The van der Waals surface area contributed by atoms with Gasteiger partial charge in [-0.15, -0.1) is 0 Å². The molecule has 0 bridgehead atoms. The maximum Gasteiger partial charge on any atom is 0.0290 e. The summed E-state index contributed by atoms with van der Waals surface area (Å²) in [6.07, 6.45) is 0. The molecule has 0 heterocycles. The van der Waals surface area contributed by atoms with Crippen molar-refractivity contribution in [3.05, 3.63) is 34.9 Å². The van der Waals surface area contributed by atoms with Gasteiger partial charge in [0.15, 0.2) is 0 Å². The topological polar surface area (TPSA) is 64.1 Å². The number of aryl methyl sites for hydroxylation is 2. The summed E-state index contributed by atoms with van der Waals surface area (Å²) in [5.74, 6) is 0. The minimum Gasteiger partial charge on any atom is -0.329 e. The van der Waals surface area contributed by atoms with E-state index in [2.05, 4.69) is 51.2 Å². The molecule has 1 aromatic carbocycles. The fraction of sp³-hybridized carbons (Fsp3) is 0.600. The van der Waals surface area contributed by atoms with Crippen molar-refractivity contribution in [2.75, 3.05) is 19.6 Å². The van der Waals surface area contributed by atoms with Gasteiger partial charge in [-0.2, -0.15) is 0 Å². The number of rotatable bonds is 6. The van der Waals surface area contributed by atoms with E-state index < -0.39 is 0 Å². The number of nitrogens with two attached hydrogens (primary N) is 2. The Balaban J connectivity index is 2.67. The lowest BCUT2D eigenvalue weighted by atomic mass is 9.81. The Bertz CT molecular complexity index is 385. The number of hydrogen-bond acceptors (Lipinski definition) is 3. The predicted molar refractivity (Wildman–Crippen MR) is 78.8 cm³/mol. The van der Waals surface area contributed by atoms with E-state index in [1.165, 1.54) is 16.7 Å². The van der Waals surface area contributed by atoms with Gasteiger partial charge in [0.1, 0.15) is 0 Å². The molecule has 0 saturated carbocycles. The standard InChI is InChI=1S/C15H27N3/c1-11-5-6-14(12(2)7-11)15(3,4)10-18-9-13(17)8-16/h5-7,13,18H,8-10,16-17H2,1-4H3. The fourth-order valence-corrected chi connectivity index (χ4v) is 2.32. The molecule has 18 heavy (non-hydrogen) atoms. The molecule has 0 amide bonds. The highest BCUT2D eigenvalue weighted by molar-refractivity contribution is 5.35. The second kappa shape index (κ2) is 6.32. The highest BCUT2D eigenvalue weighted by Gasteiger charge is 2.22. The Morgan fingerprint density at radius 3 is 2.50 bits per heavy atom.